The van der Waals surface area contributed by atoms with Crippen LogP contribution in [0, 0.1) is 19.7 Å². The Hall–Kier alpha value is -1.94. The summed E-state index contributed by atoms with van der Waals surface area (Å²) >= 11 is 0. The average Bonchev–Trinajstić information content (AvgIpc) is 2.75. The molecule has 0 aliphatic heterocycles. The van der Waals surface area contributed by atoms with E-state index in [0.717, 1.165) is 22.5 Å². The lowest BCUT2D eigenvalue weighted by molar-refractivity contribution is 0.0990. The van der Waals surface area contributed by atoms with Crippen molar-refractivity contribution in [1.82, 2.24) is 9.88 Å². The topological polar surface area (TPSA) is 34.0 Å². The van der Waals surface area contributed by atoms with E-state index in [0.29, 0.717) is 6.54 Å². The molecule has 2 aromatic rings. The van der Waals surface area contributed by atoms with Crippen LogP contribution in [0.5, 0.6) is 0 Å². The third-order valence-electron chi connectivity index (χ3n) is 3.93. The molecule has 0 unspecified atom stereocenters. The Morgan fingerprint density at radius 3 is 2.30 bits per heavy atom. The standard InChI is InChI=1S/C19H25FN2O/c1-13-10-17(14(2)22(13)19(3,4)5)18(23)12-21-11-15-6-8-16(20)9-7-15/h6-10,21H,11-12H2,1-5H3. The third-order valence-corrected chi connectivity index (χ3v) is 3.93. The molecule has 124 valence electrons. The molecular formula is C19H25FN2O. The van der Waals surface area contributed by atoms with Gasteiger partial charge >= 0.3 is 0 Å². The van der Waals surface area contributed by atoms with Crippen LogP contribution in [0.1, 0.15) is 48.1 Å². The Kier molecular flexibility index (Phi) is 5.05. The molecule has 0 aliphatic rings. The maximum absolute atomic E-state index is 12.9. The van der Waals surface area contributed by atoms with E-state index in [2.05, 4.69) is 30.7 Å². The zero-order chi connectivity index (χ0) is 17.2. The Bertz CT molecular complexity index is 693. The highest BCUT2D eigenvalue weighted by Gasteiger charge is 2.22. The third kappa shape index (κ3) is 4.08. The second kappa shape index (κ2) is 6.67. The van der Waals surface area contributed by atoms with Gasteiger partial charge in [0.05, 0.1) is 6.54 Å². The van der Waals surface area contributed by atoms with Gasteiger partial charge < -0.3 is 9.88 Å². The van der Waals surface area contributed by atoms with Gasteiger partial charge in [-0.15, -0.1) is 0 Å². The number of hydrogen-bond acceptors (Lipinski definition) is 2. The van der Waals surface area contributed by atoms with Gasteiger partial charge in [-0.3, -0.25) is 4.79 Å². The van der Waals surface area contributed by atoms with Crippen LogP contribution in [0.2, 0.25) is 0 Å². The van der Waals surface area contributed by atoms with Crippen molar-refractivity contribution < 1.29 is 9.18 Å². The molecule has 4 heteroatoms. The molecule has 1 heterocycles. The molecular weight excluding hydrogens is 291 g/mol. The molecule has 0 spiro atoms. The number of benzene rings is 1. The summed E-state index contributed by atoms with van der Waals surface area (Å²) in [6.45, 7) is 11.2. The first-order chi connectivity index (χ1) is 10.7. The number of nitrogens with one attached hydrogen (secondary N) is 1. The molecule has 0 amide bonds. The summed E-state index contributed by atoms with van der Waals surface area (Å²) in [5.41, 5.74) is 3.78. The smallest absolute Gasteiger partial charge is 0.178 e. The lowest BCUT2D eigenvalue weighted by Gasteiger charge is -2.25. The number of carbonyl (C=O) groups is 1. The van der Waals surface area contributed by atoms with E-state index < -0.39 is 0 Å². The first kappa shape index (κ1) is 17.4. The van der Waals surface area contributed by atoms with E-state index in [1.165, 1.54) is 12.1 Å². The van der Waals surface area contributed by atoms with Crippen molar-refractivity contribution in [2.45, 2.75) is 46.7 Å². The molecule has 1 aromatic carbocycles. The highest BCUT2D eigenvalue weighted by atomic mass is 19.1. The Balaban J connectivity index is 2.03. The molecule has 0 saturated heterocycles. The van der Waals surface area contributed by atoms with Crippen molar-refractivity contribution in [2.75, 3.05) is 6.54 Å². The van der Waals surface area contributed by atoms with Crippen LogP contribution in [0.3, 0.4) is 0 Å². The van der Waals surface area contributed by atoms with Crippen LogP contribution < -0.4 is 5.32 Å². The first-order valence-electron chi connectivity index (χ1n) is 7.88. The number of hydrogen-bond donors (Lipinski definition) is 1. The van der Waals surface area contributed by atoms with Gasteiger partial charge in [0.2, 0.25) is 0 Å². The Morgan fingerprint density at radius 2 is 1.78 bits per heavy atom. The van der Waals surface area contributed by atoms with E-state index in [4.69, 9.17) is 0 Å². The molecule has 0 saturated carbocycles. The number of carbonyl (C=O) groups excluding carboxylic acids is 1. The van der Waals surface area contributed by atoms with Crippen LogP contribution in [0.4, 0.5) is 4.39 Å². The van der Waals surface area contributed by atoms with Crippen LogP contribution >= 0.6 is 0 Å². The maximum atomic E-state index is 12.9. The molecule has 1 N–H and O–H groups in total. The number of aryl methyl sites for hydroxylation is 1. The van der Waals surface area contributed by atoms with Crippen LogP contribution in [0.15, 0.2) is 30.3 Å². The van der Waals surface area contributed by atoms with Gasteiger partial charge in [-0.05, 0) is 58.4 Å². The number of rotatable bonds is 5. The normalized spacial score (nSPS) is 11.7. The average molecular weight is 316 g/mol. The molecule has 23 heavy (non-hydrogen) atoms. The molecule has 0 bridgehead atoms. The fraction of sp³-hybridized carbons (Fsp3) is 0.421. The molecule has 0 radical (unpaired) electrons. The first-order valence-corrected chi connectivity index (χ1v) is 7.88. The number of aromatic nitrogens is 1. The summed E-state index contributed by atoms with van der Waals surface area (Å²) in [6.07, 6.45) is 0. The van der Waals surface area contributed by atoms with E-state index in [1.54, 1.807) is 12.1 Å². The number of Topliss-reactive ketones (excluding diaryl/α,β-unsaturated/α-hetero) is 1. The molecule has 2 rings (SSSR count). The van der Waals surface area contributed by atoms with Crippen molar-refractivity contribution in [1.29, 1.82) is 0 Å². The molecule has 0 fully saturated rings. The van der Waals surface area contributed by atoms with Crippen LogP contribution in [0.25, 0.3) is 0 Å². The Labute approximate surface area is 137 Å². The van der Waals surface area contributed by atoms with E-state index in [9.17, 15) is 9.18 Å². The maximum Gasteiger partial charge on any atom is 0.178 e. The van der Waals surface area contributed by atoms with Crippen LogP contribution in [-0.2, 0) is 12.1 Å². The summed E-state index contributed by atoms with van der Waals surface area (Å²) in [6, 6.07) is 8.25. The monoisotopic (exact) mass is 316 g/mol. The highest BCUT2D eigenvalue weighted by molar-refractivity contribution is 5.99. The summed E-state index contributed by atoms with van der Waals surface area (Å²) in [7, 11) is 0. The fourth-order valence-corrected chi connectivity index (χ4v) is 3.10. The summed E-state index contributed by atoms with van der Waals surface area (Å²) < 4.78 is 15.1. The van der Waals surface area contributed by atoms with Crippen molar-refractivity contribution in [3.8, 4) is 0 Å². The predicted octanol–water partition coefficient (Wildman–Crippen LogP) is 3.97. The fourth-order valence-electron chi connectivity index (χ4n) is 3.10. The SMILES string of the molecule is Cc1cc(C(=O)CNCc2ccc(F)cc2)c(C)n1C(C)(C)C. The molecule has 0 aliphatic carbocycles. The lowest BCUT2D eigenvalue weighted by Crippen LogP contribution is -2.26. The van der Waals surface area contributed by atoms with Crippen molar-refractivity contribution in [3.63, 3.8) is 0 Å². The van der Waals surface area contributed by atoms with Gasteiger partial charge in [0.15, 0.2) is 5.78 Å². The minimum absolute atomic E-state index is 0.0474. The van der Waals surface area contributed by atoms with Gasteiger partial charge in [-0.2, -0.15) is 0 Å². The van der Waals surface area contributed by atoms with E-state index in [-0.39, 0.29) is 23.7 Å². The quantitative estimate of drug-likeness (QED) is 0.847. The molecule has 3 nitrogen and oxygen atoms in total. The van der Waals surface area contributed by atoms with Gasteiger partial charge in [0.1, 0.15) is 5.82 Å². The largest absolute Gasteiger partial charge is 0.343 e. The summed E-state index contributed by atoms with van der Waals surface area (Å²) in [5.74, 6) is -0.171. The van der Waals surface area contributed by atoms with Gasteiger partial charge in [-0.25, -0.2) is 4.39 Å². The van der Waals surface area contributed by atoms with E-state index in [1.807, 2.05) is 19.9 Å². The predicted molar refractivity (Wildman–Crippen MR) is 91.3 cm³/mol. The van der Waals surface area contributed by atoms with Gasteiger partial charge in [-0.1, -0.05) is 12.1 Å². The number of nitrogens with zero attached hydrogens (tertiary/aromatic N) is 1. The second-order valence-corrected chi connectivity index (χ2v) is 6.94. The zero-order valence-electron chi connectivity index (χ0n) is 14.5. The number of ketones is 1. The molecule has 1 aromatic heterocycles. The summed E-state index contributed by atoms with van der Waals surface area (Å²) in [5, 5.41) is 3.13. The number of halogens is 1. The van der Waals surface area contributed by atoms with Crippen molar-refractivity contribution >= 4 is 5.78 Å². The van der Waals surface area contributed by atoms with E-state index >= 15 is 0 Å². The second-order valence-electron chi connectivity index (χ2n) is 6.94. The summed E-state index contributed by atoms with van der Waals surface area (Å²) in [4.78, 5) is 12.5. The lowest BCUT2D eigenvalue weighted by atomic mass is 10.1. The van der Waals surface area contributed by atoms with Gasteiger partial charge in [0, 0.05) is 29.0 Å². The van der Waals surface area contributed by atoms with Crippen LogP contribution in [-0.4, -0.2) is 16.9 Å². The van der Waals surface area contributed by atoms with Crippen molar-refractivity contribution in [2.24, 2.45) is 0 Å². The van der Waals surface area contributed by atoms with Crippen molar-refractivity contribution in [3.05, 3.63) is 58.7 Å². The highest BCUT2D eigenvalue weighted by Crippen LogP contribution is 2.24. The minimum atomic E-state index is -0.251. The zero-order valence-corrected chi connectivity index (χ0v) is 14.5. The Morgan fingerprint density at radius 1 is 1.17 bits per heavy atom. The molecule has 0 atom stereocenters. The minimum Gasteiger partial charge on any atom is -0.343 e. The van der Waals surface area contributed by atoms with Gasteiger partial charge in [0.25, 0.3) is 0 Å².